The Labute approximate surface area is 155 Å². The lowest BCUT2D eigenvalue weighted by Gasteiger charge is -2.08. The average Bonchev–Trinajstić information content (AvgIpc) is 2.69. The summed E-state index contributed by atoms with van der Waals surface area (Å²) in [6, 6.07) is 13.7. The predicted molar refractivity (Wildman–Crippen MR) is 98.2 cm³/mol. The summed E-state index contributed by atoms with van der Waals surface area (Å²) in [5, 5.41) is 5.78. The van der Waals surface area contributed by atoms with E-state index in [1.54, 1.807) is 24.3 Å². The molecule has 7 heteroatoms. The Morgan fingerprint density at radius 3 is 2.19 bits per heavy atom. The Bertz CT molecular complexity index is 899. The molecule has 0 aliphatic rings. The minimum Gasteiger partial charge on any atom is -0.354 e. The average molecular weight is 368 g/mol. The second kappa shape index (κ2) is 8.84. The van der Waals surface area contributed by atoms with Crippen molar-refractivity contribution in [3.8, 4) is 0 Å². The molecule has 2 aromatic carbocycles. The molecular formula is C20H18F2N4O. The van der Waals surface area contributed by atoms with Crippen molar-refractivity contribution in [1.29, 1.82) is 0 Å². The molecule has 3 rings (SSSR count). The lowest BCUT2D eigenvalue weighted by atomic mass is 10.1. The minimum atomic E-state index is -0.344. The number of carbonyl (C=O) groups is 1. The van der Waals surface area contributed by atoms with Gasteiger partial charge in [-0.25, -0.2) is 18.7 Å². The van der Waals surface area contributed by atoms with Gasteiger partial charge in [-0.05, 0) is 47.9 Å². The van der Waals surface area contributed by atoms with Crippen molar-refractivity contribution in [1.82, 2.24) is 15.3 Å². The maximum atomic E-state index is 12.9. The molecule has 0 aliphatic heterocycles. The molecule has 1 heterocycles. The van der Waals surface area contributed by atoms with Gasteiger partial charge in [0.25, 0.3) is 5.91 Å². The summed E-state index contributed by atoms with van der Waals surface area (Å²) in [5.41, 5.74) is 2.00. The van der Waals surface area contributed by atoms with E-state index in [-0.39, 0.29) is 29.8 Å². The molecule has 0 radical (unpaired) electrons. The number of carbonyl (C=O) groups excluding carboxylic acids is 1. The lowest BCUT2D eigenvalue weighted by molar-refractivity contribution is 0.0946. The van der Waals surface area contributed by atoms with Gasteiger partial charge in [0.15, 0.2) is 0 Å². The summed E-state index contributed by atoms with van der Waals surface area (Å²) in [6.45, 7) is 0.822. The van der Waals surface area contributed by atoms with Gasteiger partial charge in [0, 0.05) is 19.3 Å². The summed E-state index contributed by atoms with van der Waals surface area (Å²) < 4.78 is 25.8. The molecule has 5 nitrogen and oxygen atoms in total. The number of aromatic nitrogens is 2. The molecule has 0 unspecified atom stereocenters. The van der Waals surface area contributed by atoms with Crippen LogP contribution in [0.5, 0.6) is 0 Å². The highest BCUT2D eigenvalue weighted by Gasteiger charge is 2.08. The first kappa shape index (κ1) is 18.4. The van der Waals surface area contributed by atoms with Gasteiger partial charge in [0.05, 0.1) is 0 Å². The molecule has 27 heavy (non-hydrogen) atoms. The third kappa shape index (κ3) is 5.57. The van der Waals surface area contributed by atoms with Crippen molar-refractivity contribution in [2.24, 2.45) is 0 Å². The summed E-state index contributed by atoms with van der Waals surface area (Å²) in [4.78, 5) is 20.5. The summed E-state index contributed by atoms with van der Waals surface area (Å²) in [6.07, 6.45) is 2.17. The Kier molecular flexibility index (Phi) is 6.04. The van der Waals surface area contributed by atoms with Crippen LogP contribution in [0.1, 0.15) is 21.6 Å². The van der Waals surface area contributed by atoms with Gasteiger partial charge < -0.3 is 10.6 Å². The van der Waals surface area contributed by atoms with E-state index in [0.29, 0.717) is 18.9 Å². The van der Waals surface area contributed by atoms with Crippen molar-refractivity contribution >= 4 is 11.9 Å². The number of hydrogen-bond donors (Lipinski definition) is 2. The Morgan fingerprint density at radius 2 is 1.52 bits per heavy atom. The molecule has 3 aromatic rings. The van der Waals surface area contributed by atoms with Crippen molar-refractivity contribution < 1.29 is 13.6 Å². The van der Waals surface area contributed by atoms with Crippen LogP contribution in [0.3, 0.4) is 0 Å². The second-order valence-electron chi connectivity index (χ2n) is 5.88. The van der Waals surface area contributed by atoms with Crippen molar-refractivity contribution in [3.63, 3.8) is 0 Å². The number of halogens is 2. The summed E-state index contributed by atoms with van der Waals surface area (Å²) in [5.74, 6) is -0.596. The fourth-order valence-corrected chi connectivity index (χ4v) is 2.42. The molecule has 0 atom stereocenters. The highest BCUT2D eigenvalue weighted by molar-refractivity contribution is 5.92. The quantitative estimate of drug-likeness (QED) is 0.671. The van der Waals surface area contributed by atoms with E-state index in [4.69, 9.17) is 0 Å². The molecule has 0 spiro atoms. The zero-order chi connectivity index (χ0) is 19.1. The van der Waals surface area contributed by atoms with Gasteiger partial charge in [-0.3, -0.25) is 4.79 Å². The highest BCUT2D eigenvalue weighted by atomic mass is 19.1. The topological polar surface area (TPSA) is 66.9 Å². The molecule has 1 aromatic heterocycles. The highest BCUT2D eigenvalue weighted by Crippen LogP contribution is 2.06. The van der Waals surface area contributed by atoms with Crippen molar-refractivity contribution in [3.05, 3.63) is 89.2 Å². The van der Waals surface area contributed by atoms with Crippen LogP contribution in [-0.4, -0.2) is 22.4 Å². The first-order valence-electron chi connectivity index (χ1n) is 8.44. The molecular weight excluding hydrogens is 350 g/mol. The molecule has 0 bridgehead atoms. The van der Waals surface area contributed by atoms with Crippen LogP contribution in [0.25, 0.3) is 0 Å². The predicted octanol–water partition coefficient (Wildman–Crippen LogP) is 3.34. The van der Waals surface area contributed by atoms with E-state index in [1.807, 2.05) is 0 Å². The number of amides is 1. The number of rotatable bonds is 7. The van der Waals surface area contributed by atoms with E-state index in [0.717, 1.165) is 11.1 Å². The summed E-state index contributed by atoms with van der Waals surface area (Å²) in [7, 11) is 0. The molecule has 1 amide bonds. The monoisotopic (exact) mass is 368 g/mol. The van der Waals surface area contributed by atoms with Gasteiger partial charge in [-0.2, -0.15) is 0 Å². The molecule has 0 aliphatic carbocycles. The van der Waals surface area contributed by atoms with Crippen LogP contribution >= 0.6 is 0 Å². The Hall–Kier alpha value is -3.35. The molecule has 138 valence electrons. The molecule has 0 saturated heterocycles. The largest absolute Gasteiger partial charge is 0.354 e. The van der Waals surface area contributed by atoms with Crippen molar-refractivity contribution in [2.45, 2.75) is 13.0 Å². The van der Waals surface area contributed by atoms with Crippen LogP contribution in [0.15, 0.2) is 60.8 Å². The maximum Gasteiger partial charge on any atom is 0.270 e. The Balaban J connectivity index is 1.52. The fraction of sp³-hybridized carbons (Fsp3) is 0.150. The first-order valence-corrected chi connectivity index (χ1v) is 8.44. The van der Waals surface area contributed by atoms with Gasteiger partial charge in [0.1, 0.15) is 17.3 Å². The molecule has 2 N–H and O–H groups in total. The number of benzene rings is 2. The number of nitrogens with one attached hydrogen (secondary N) is 2. The standard InChI is InChI=1S/C20H18F2N4O/c21-16-5-1-14(2-6-16)9-11-23-20-24-12-10-18(26-20)19(27)25-13-15-3-7-17(22)8-4-15/h1-8,10,12H,9,11,13H2,(H,25,27)(H,23,24,26). The smallest absolute Gasteiger partial charge is 0.270 e. The van der Waals surface area contributed by atoms with E-state index in [9.17, 15) is 13.6 Å². The van der Waals surface area contributed by atoms with Gasteiger partial charge in [-0.15, -0.1) is 0 Å². The molecule has 0 fully saturated rings. The second-order valence-corrected chi connectivity index (χ2v) is 5.88. The summed E-state index contributed by atoms with van der Waals surface area (Å²) >= 11 is 0. The normalized spacial score (nSPS) is 10.4. The van der Waals surface area contributed by atoms with E-state index >= 15 is 0 Å². The number of hydrogen-bond acceptors (Lipinski definition) is 4. The van der Waals surface area contributed by atoms with E-state index < -0.39 is 0 Å². The zero-order valence-electron chi connectivity index (χ0n) is 14.5. The number of nitrogens with zero attached hydrogens (tertiary/aromatic N) is 2. The lowest BCUT2D eigenvalue weighted by Crippen LogP contribution is -2.24. The van der Waals surface area contributed by atoms with Crippen LogP contribution in [0.4, 0.5) is 14.7 Å². The number of anilines is 1. The van der Waals surface area contributed by atoms with Gasteiger partial charge in [0.2, 0.25) is 5.95 Å². The third-order valence-corrected chi connectivity index (χ3v) is 3.86. The van der Waals surface area contributed by atoms with Crippen molar-refractivity contribution in [2.75, 3.05) is 11.9 Å². The fourth-order valence-electron chi connectivity index (χ4n) is 2.42. The van der Waals surface area contributed by atoms with E-state index in [1.165, 1.54) is 36.5 Å². The van der Waals surface area contributed by atoms with Gasteiger partial charge >= 0.3 is 0 Å². The van der Waals surface area contributed by atoms with E-state index in [2.05, 4.69) is 20.6 Å². The van der Waals surface area contributed by atoms with Gasteiger partial charge in [-0.1, -0.05) is 24.3 Å². The van der Waals surface area contributed by atoms with Crippen LogP contribution in [-0.2, 0) is 13.0 Å². The maximum absolute atomic E-state index is 12.9. The zero-order valence-corrected chi connectivity index (χ0v) is 14.5. The third-order valence-electron chi connectivity index (χ3n) is 3.86. The molecule has 0 saturated carbocycles. The SMILES string of the molecule is O=C(NCc1ccc(F)cc1)c1ccnc(NCCc2ccc(F)cc2)n1. The first-order chi connectivity index (χ1) is 13.1. The Morgan fingerprint density at radius 1 is 0.889 bits per heavy atom. The van der Waals surface area contributed by atoms with Crippen LogP contribution in [0, 0.1) is 11.6 Å². The van der Waals surface area contributed by atoms with Crippen LogP contribution in [0.2, 0.25) is 0 Å². The van der Waals surface area contributed by atoms with Crippen LogP contribution < -0.4 is 10.6 Å². The minimum absolute atomic E-state index is 0.233.